The maximum atomic E-state index is 12.0. The predicted molar refractivity (Wildman–Crippen MR) is 74.4 cm³/mol. The van der Waals surface area contributed by atoms with Crippen LogP contribution in [0.2, 0.25) is 0 Å². The number of hydrogen-bond donors (Lipinski definition) is 2. The summed E-state index contributed by atoms with van der Waals surface area (Å²) in [6.07, 6.45) is 3.32. The summed E-state index contributed by atoms with van der Waals surface area (Å²) in [5, 5.41) is 10.9. The van der Waals surface area contributed by atoms with Crippen LogP contribution in [0.25, 0.3) is 0 Å². The summed E-state index contributed by atoms with van der Waals surface area (Å²) in [6.45, 7) is 2.65. The fourth-order valence-electron chi connectivity index (χ4n) is 2.04. The molecular formula is C12H15N5O3. The molecule has 2 aromatic rings. The Bertz CT molecular complexity index is 689. The number of hydrogen-bond acceptors (Lipinski definition) is 5. The average molecular weight is 277 g/mol. The summed E-state index contributed by atoms with van der Waals surface area (Å²) in [6, 6.07) is 4.62. The monoisotopic (exact) mass is 277 g/mol. The number of aromatic nitrogens is 2. The fraction of sp³-hybridized carbons (Fsp3) is 0.250. The number of imidazole rings is 1. The van der Waals surface area contributed by atoms with E-state index in [1.54, 1.807) is 29.1 Å². The van der Waals surface area contributed by atoms with Crippen molar-refractivity contribution in [3.8, 4) is 0 Å². The lowest BCUT2D eigenvalue weighted by molar-refractivity contribution is -0.384. The van der Waals surface area contributed by atoms with E-state index in [4.69, 9.17) is 5.84 Å². The first-order valence-corrected chi connectivity index (χ1v) is 6.07. The van der Waals surface area contributed by atoms with Crippen molar-refractivity contribution in [2.45, 2.75) is 20.0 Å². The molecular weight excluding hydrogens is 262 g/mol. The number of nitrogens with one attached hydrogen (secondary N) is 1. The van der Waals surface area contributed by atoms with E-state index < -0.39 is 4.92 Å². The van der Waals surface area contributed by atoms with E-state index in [9.17, 15) is 14.9 Å². The van der Waals surface area contributed by atoms with Gasteiger partial charge in [-0.15, -0.1) is 0 Å². The van der Waals surface area contributed by atoms with Gasteiger partial charge in [0.15, 0.2) is 0 Å². The van der Waals surface area contributed by atoms with Crippen molar-refractivity contribution in [3.63, 3.8) is 0 Å². The number of rotatable bonds is 5. The van der Waals surface area contributed by atoms with Crippen LogP contribution in [-0.4, -0.2) is 14.1 Å². The normalized spacial score (nSPS) is 10.5. The minimum absolute atomic E-state index is 0.118. The topological polar surface area (TPSA) is 108 Å². The molecule has 106 valence electrons. The number of nitro groups is 1. The van der Waals surface area contributed by atoms with Crippen LogP contribution in [-0.2, 0) is 13.1 Å². The Balaban J connectivity index is 2.43. The molecule has 3 N–H and O–H groups in total. The highest BCUT2D eigenvalue weighted by molar-refractivity contribution is 5.65. The molecule has 2 rings (SSSR count). The van der Waals surface area contributed by atoms with Gasteiger partial charge in [-0.05, 0) is 6.92 Å². The molecule has 8 heteroatoms. The number of benzene rings is 1. The largest absolute Gasteiger partial charge is 0.328 e. The third-order valence-corrected chi connectivity index (χ3v) is 3.07. The van der Waals surface area contributed by atoms with Crippen LogP contribution >= 0.6 is 0 Å². The van der Waals surface area contributed by atoms with E-state index in [1.807, 2.05) is 6.92 Å². The highest BCUT2D eigenvalue weighted by atomic mass is 16.6. The summed E-state index contributed by atoms with van der Waals surface area (Å²) >= 11 is 0. The Morgan fingerprint density at radius 1 is 1.35 bits per heavy atom. The van der Waals surface area contributed by atoms with Gasteiger partial charge in [0, 0.05) is 30.6 Å². The fourth-order valence-corrected chi connectivity index (χ4v) is 2.04. The number of para-hydroxylation sites is 1. The Hall–Kier alpha value is -2.61. The molecule has 1 aromatic carbocycles. The molecule has 8 nitrogen and oxygen atoms in total. The quantitative estimate of drug-likeness (QED) is 0.480. The molecule has 0 aliphatic heterocycles. The molecule has 0 aliphatic rings. The van der Waals surface area contributed by atoms with Crippen LogP contribution in [0.5, 0.6) is 0 Å². The van der Waals surface area contributed by atoms with Gasteiger partial charge in [-0.3, -0.25) is 25.1 Å². The highest BCUT2D eigenvalue weighted by Gasteiger charge is 2.17. The molecule has 0 saturated carbocycles. The Kier molecular flexibility index (Phi) is 3.85. The van der Waals surface area contributed by atoms with Crippen molar-refractivity contribution < 1.29 is 4.92 Å². The second kappa shape index (κ2) is 5.57. The zero-order valence-electron chi connectivity index (χ0n) is 10.9. The third-order valence-electron chi connectivity index (χ3n) is 3.07. The Morgan fingerprint density at radius 2 is 2.05 bits per heavy atom. The van der Waals surface area contributed by atoms with Gasteiger partial charge in [-0.2, -0.15) is 0 Å². The lowest BCUT2D eigenvalue weighted by Gasteiger charge is -2.09. The minimum atomic E-state index is -0.515. The molecule has 0 radical (unpaired) electrons. The first kappa shape index (κ1) is 13.8. The number of aryl methyl sites for hydroxylation is 1. The summed E-state index contributed by atoms with van der Waals surface area (Å²) in [5.41, 5.74) is 2.86. The minimum Gasteiger partial charge on any atom is -0.318 e. The van der Waals surface area contributed by atoms with Crippen LogP contribution in [0, 0.1) is 10.1 Å². The first-order valence-electron chi connectivity index (χ1n) is 6.07. The highest BCUT2D eigenvalue weighted by Crippen LogP contribution is 2.27. The summed E-state index contributed by atoms with van der Waals surface area (Å²) in [4.78, 5) is 22.4. The molecule has 0 saturated heterocycles. The third kappa shape index (κ3) is 2.41. The lowest BCUT2D eigenvalue weighted by Crippen LogP contribution is -2.24. The number of nitrogen functional groups attached to an aromatic ring is 1. The smallest absolute Gasteiger partial charge is 0.318 e. The number of hydrazine groups is 1. The van der Waals surface area contributed by atoms with Crippen LogP contribution < -0.4 is 17.0 Å². The van der Waals surface area contributed by atoms with Crippen molar-refractivity contribution in [1.82, 2.24) is 9.13 Å². The molecule has 1 aromatic heterocycles. The summed E-state index contributed by atoms with van der Waals surface area (Å²) < 4.78 is 3.02. The molecule has 0 aliphatic carbocycles. The molecule has 0 unspecified atom stereocenters. The van der Waals surface area contributed by atoms with Gasteiger partial charge >= 0.3 is 5.69 Å². The molecule has 0 spiro atoms. The van der Waals surface area contributed by atoms with Gasteiger partial charge in [-0.1, -0.05) is 12.1 Å². The SMILES string of the molecule is CCn1ccn(Cc2cccc([N+](=O)[O-])c2NN)c1=O. The van der Waals surface area contributed by atoms with Gasteiger partial charge in [0.1, 0.15) is 5.69 Å². The molecule has 20 heavy (non-hydrogen) atoms. The predicted octanol–water partition coefficient (Wildman–Crippen LogP) is 0.912. The van der Waals surface area contributed by atoms with Crippen LogP contribution in [0.3, 0.4) is 0 Å². The van der Waals surface area contributed by atoms with E-state index in [1.165, 1.54) is 10.6 Å². The van der Waals surface area contributed by atoms with Crippen LogP contribution in [0.4, 0.5) is 11.4 Å². The summed E-state index contributed by atoms with van der Waals surface area (Å²) in [7, 11) is 0. The molecule has 0 atom stereocenters. The van der Waals surface area contributed by atoms with Gasteiger partial charge in [0.25, 0.3) is 5.69 Å². The molecule has 0 amide bonds. The van der Waals surface area contributed by atoms with Crippen LogP contribution in [0.15, 0.2) is 35.4 Å². The first-order chi connectivity index (χ1) is 9.58. The van der Waals surface area contributed by atoms with Crippen molar-refractivity contribution in [3.05, 3.63) is 56.8 Å². The van der Waals surface area contributed by atoms with E-state index in [0.29, 0.717) is 12.1 Å². The molecule has 0 fully saturated rings. The standard InChI is InChI=1S/C12H15N5O3/c1-2-15-6-7-16(12(15)18)8-9-4-3-5-10(17(19)20)11(9)14-13/h3-7,14H,2,8,13H2,1H3. The molecule has 0 bridgehead atoms. The van der Waals surface area contributed by atoms with Crippen molar-refractivity contribution in [2.24, 2.45) is 5.84 Å². The average Bonchev–Trinajstić information content (AvgIpc) is 2.79. The van der Waals surface area contributed by atoms with Gasteiger partial charge < -0.3 is 5.43 Å². The second-order valence-electron chi connectivity index (χ2n) is 4.21. The molecule has 1 heterocycles. The second-order valence-corrected chi connectivity index (χ2v) is 4.21. The number of nitrogens with zero attached hydrogens (tertiary/aromatic N) is 3. The van der Waals surface area contributed by atoms with Crippen molar-refractivity contribution in [2.75, 3.05) is 5.43 Å². The maximum absolute atomic E-state index is 12.0. The lowest BCUT2D eigenvalue weighted by atomic mass is 10.1. The van der Waals surface area contributed by atoms with E-state index >= 15 is 0 Å². The van der Waals surface area contributed by atoms with E-state index in [-0.39, 0.29) is 23.6 Å². The number of nitrogens with two attached hydrogens (primary N) is 1. The zero-order chi connectivity index (χ0) is 14.7. The van der Waals surface area contributed by atoms with Gasteiger partial charge in [-0.25, -0.2) is 4.79 Å². The van der Waals surface area contributed by atoms with Crippen molar-refractivity contribution in [1.29, 1.82) is 0 Å². The van der Waals surface area contributed by atoms with E-state index in [2.05, 4.69) is 5.43 Å². The summed E-state index contributed by atoms with van der Waals surface area (Å²) in [5.74, 6) is 5.37. The van der Waals surface area contributed by atoms with Gasteiger partial charge in [0.05, 0.1) is 11.5 Å². The Morgan fingerprint density at radius 3 is 2.60 bits per heavy atom. The van der Waals surface area contributed by atoms with E-state index in [0.717, 1.165) is 0 Å². The van der Waals surface area contributed by atoms with Gasteiger partial charge in [0.2, 0.25) is 0 Å². The number of nitro benzene ring substituents is 1. The number of anilines is 1. The van der Waals surface area contributed by atoms with Crippen molar-refractivity contribution >= 4 is 11.4 Å². The maximum Gasteiger partial charge on any atom is 0.328 e. The van der Waals surface area contributed by atoms with Crippen LogP contribution in [0.1, 0.15) is 12.5 Å². The Labute approximate surface area is 114 Å². The zero-order valence-corrected chi connectivity index (χ0v) is 10.9.